The summed E-state index contributed by atoms with van der Waals surface area (Å²) >= 11 is 0. The molecule has 1 aliphatic rings. The molecule has 1 N–H and O–H groups in total. The Kier molecular flexibility index (Phi) is 4.49. The second-order valence-electron chi connectivity index (χ2n) is 5.42. The van der Waals surface area contributed by atoms with E-state index in [1.54, 1.807) is 18.2 Å². The molecule has 0 aromatic heterocycles. The number of anilines is 1. The Morgan fingerprint density at radius 3 is 2.57 bits per heavy atom. The van der Waals surface area contributed by atoms with Crippen LogP contribution in [0.15, 0.2) is 18.2 Å². The van der Waals surface area contributed by atoms with Gasteiger partial charge in [-0.15, -0.1) is 0 Å². The van der Waals surface area contributed by atoms with E-state index in [4.69, 9.17) is 9.47 Å². The van der Waals surface area contributed by atoms with Gasteiger partial charge in [-0.2, -0.15) is 5.26 Å². The predicted octanol–water partition coefficient (Wildman–Crippen LogP) is 2.56. The molecule has 5 heteroatoms. The zero-order chi connectivity index (χ0) is 15.6. The van der Waals surface area contributed by atoms with Crippen molar-refractivity contribution < 1.29 is 14.3 Å². The van der Waals surface area contributed by atoms with E-state index in [0.717, 1.165) is 0 Å². The Balaban J connectivity index is 2.26. The van der Waals surface area contributed by atoms with Gasteiger partial charge in [0.15, 0.2) is 0 Å². The number of benzene rings is 1. The zero-order valence-corrected chi connectivity index (χ0v) is 12.7. The Morgan fingerprint density at radius 2 is 2.05 bits per heavy atom. The molecule has 1 aliphatic heterocycles. The van der Waals surface area contributed by atoms with Crippen LogP contribution in [0.3, 0.4) is 0 Å². The molecule has 4 unspecified atom stereocenters. The van der Waals surface area contributed by atoms with Gasteiger partial charge in [-0.3, -0.25) is 4.79 Å². The third-order valence-corrected chi connectivity index (χ3v) is 4.16. The molecule has 112 valence electrons. The van der Waals surface area contributed by atoms with Gasteiger partial charge in [0, 0.05) is 0 Å². The highest BCUT2D eigenvalue weighted by atomic mass is 16.5. The maximum atomic E-state index is 12.6. The first-order chi connectivity index (χ1) is 9.99. The highest BCUT2D eigenvalue weighted by molar-refractivity contribution is 5.96. The Hall–Kier alpha value is -2.06. The van der Waals surface area contributed by atoms with Crippen molar-refractivity contribution in [3.63, 3.8) is 0 Å². The summed E-state index contributed by atoms with van der Waals surface area (Å²) in [6.45, 7) is 5.88. The van der Waals surface area contributed by atoms with Gasteiger partial charge in [-0.1, -0.05) is 13.0 Å². The topological polar surface area (TPSA) is 71.3 Å². The molecule has 21 heavy (non-hydrogen) atoms. The summed E-state index contributed by atoms with van der Waals surface area (Å²) in [5.41, 5.74) is 0.807. The first-order valence-electron chi connectivity index (χ1n) is 7.03. The van der Waals surface area contributed by atoms with Crippen molar-refractivity contribution in [2.45, 2.75) is 33.0 Å². The molecule has 0 radical (unpaired) electrons. The van der Waals surface area contributed by atoms with Crippen LogP contribution in [0.2, 0.25) is 0 Å². The highest BCUT2D eigenvalue weighted by Crippen LogP contribution is 2.35. The summed E-state index contributed by atoms with van der Waals surface area (Å²) in [6, 6.07) is 7.16. The van der Waals surface area contributed by atoms with Crippen molar-refractivity contribution >= 4 is 11.6 Å². The number of para-hydroxylation sites is 1. The number of nitriles is 1. The molecular weight excluding hydrogens is 268 g/mol. The molecule has 1 aromatic rings. The maximum absolute atomic E-state index is 12.6. The first-order valence-corrected chi connectivity index (χ1v) is 7.03. The Morgan fingerprint density at radius 1 is 1.33 bits per heavy atom. The van der Waals surface area contributed by atoms with Crippen LogP contribution in [0.25, 0.3) is 0 Å². The number of rotatable bonds is 3. The normalized spacial score (nSPS) is 28.0. The van der Waals surface area contributed by atoms with Crippen molar-refractivity contribution in [1.82, 2.24) is 0 Å². The second-order valence-corrected chi connectivity index (χ2v) is 5.42. The first kappa shape index (κ1) is 15.3. The summed E-state index contributed by atoms with van der Waals surface area (Å²) < 4.78 is 10.9. The van der Waals surface area contributed by atoms with Crippen LogP contribution < -0.4 is 10.1 Å². The number of carbonyl (C=O) groups excluding carboxylic acids is 1. The van der Waals surface area contributed by atoms with Crippen molar-refractivity contribution in [2.75, 3.05) is 12.4 Å². The molecule has 5 nitrogen and oxygen atoms in total. The lowest BCUT2D eigenvalue weighted by Gasteiger charge is -2.19. The average molecular weight is 288 g/mol. The van der Waals surface area contributed by atoms with Gasteiger partial charge in [0.1, 0.15) is 17.5 Å². The van der Waals surface area contributed by atoms with E-state index >= 15 is 0 Å². The highest BCUT2D eigenvalue weighted by Gasteiger charge is 2.41. The number of hydrogen-bond acceptors (Lipinski definition) is 4. The fourth-order valence-corrected chi connectivity index (χ4v) is 2.85. The van der Waals surface area contributed by atoms with Crippen molar-refractivity contribution in [1.29, 1.82) is 5.26 Å². The average Bonchev–Trinajstić information content (AvgIpc) is 2.72. The standard InChI is InChI=1S/C16H20N2O3/c1-9-10(2)21-11(3)14(9)16(19)18-15-12(8-17)6-5-7-13(15)20-4/h5-7,9-11,14H,1-4H3,(H,18,19). The van der Waals surface area contributed by atoms with E-state index < -0.39 is 0 Å². The second kappa shape index (κ2) is 6.15. The number of nitrogens with zero attached hydrogens (tertiary/aromatic N) is 1. The van der Waals surface area contributed by atoms with Crippen LogP contribution in [0, 0.1) is 23.2 Å². The molecule has 1 saturated heterocycles. The summed E-state index contributed by atoms with van der Waals surface area (Å²) in [6.07, 6.45) is -0.0981. The van der Waals surface area contributed by atoms with Crippen molar-refractivity contribution in [3.05, 3.63) is 23.8 Å². The Bertz CT molecular complexity index is 579. The minimum Gasteiger partial charge on any atom is -0.495 e. The number of hydrogen-bond donors (Lipinski definition) is 1. The van der Waals surface area contributed by atoms with Gasteiger partial charge < -0.3 is 14.8 Å². The van der Waals surface area contributed by atoms with E-state index in [1.807, 2.05) is 20.8 Å². The fraction of sp³-hybridized carbons (Fsp3) is 0.500. The lowest BCUT2D eigenvalue weighted by molar-refractivity contribution is -0.121. The summed E-state index contributed by atoms with van der Waals surface area (Å²) in [7, 11) is 1.51. The zero-order valence-electron chi connectivity index (χ0n) is 12.7. The molecule has 1 fully saturated rings. The summed E-state index contributed by atoms with van der Waals surface area (Å²) in [5, 5.41) is 12.0. The van der Waals surface area contributed by atoms with Gasteiger partial charge in [-0.25, -0.2) is 0 Å². The molecule has 1 amide bonds. The smallest absolute Gasteiger partial charge is 0.230 e. The van der Waals surface area contributed by atoms with Gasteiger partial charge in [-0.05, 0) is 31.9 Å². The van der Waals surface area contributed by atoms with Gasteiger partial charge >= 0.3 is 0 Å². The Labute approximate surface area is 124 Å². The summed E-state index contributed by atoms with van der Waals surface area (Å²) in [4.78, 5) is 12.6. The quantitative estimate of drug-likeness (QED) is 0.928. The van der Waals surface area contributed by atoms with Gasteiger partial charge in [0.05, 0.1) is 30.8 Å². The number of methoxy groups -OCH3 is 1. The monoisotopic (exact) mass is 288 g/mol. The van der Waals surface area contributed by atoms with E-state index in [-0.39, 0.29) is 30.0 Å². The lowest BCUT2D eigenvalue weighted by Crippen LogP contribution is -2.32. The van der Waals surface area contributed by atoms with E-state index in [0.29, 0.717) is 17.0 Å². The number of carbonyl (C=O) groups is 1. The van der Waals surface area contributed by atoms with Crippen LogP contribution in [-0.2, 0) is 9.53 Å². The predicted molar refractivity (Wildman–Crippen MR) is 79.0 cm³/mol. The third-order valence-electron chi connectivity index (χ3n) is 4.16. The summed E-state index contributed by atoms with van der Waals surface area (Å²) in [5.74, 6) is 0.228. The molecule has 4 atom stereocenters. The molecule has 1 heterocycles. The van der Waals surface area contributed by atoms with E-state index in [9.17, 15) is 10.1 Å². The van der Waals surface area contributed by atoms with E-state index in [2.05, 4.69) is 11.4 Å². The minimum atomic E-state index is -0.239. The number of nitrogens with one attached hydrogen (secondary N) is 1. The lowest BCUT2D eigenvalue weighted by atomic mass is 9.88. The third kappa shape index (κ3) is 2.86. The molecule has 0 aliphatic carbocycles. The number of ether oxygens (including phenoxy) is 2. The molecular formula is C16H20N2O3. The largest absolute Gasteiger partial charge is 0.495 e. The van der Waals surface area contributed by atoms with Crippen LogP contribution in [0.4, 0.5) is 5.69 Å². The maximum Gasteiger partial charge on any atom is 0.230 e. The molecule has 0 saturated carbocycles. The van der Waals surface area contributed by atoms with Crippen molar-refractivity contribution in [3.8, 4) is 11.8 Å². The van der Waals surface area contributed by atoms with Crippen LogP contribution in [0.5, 0.6) is 5.75 Å². The number of amides is 1. The van der Waals surface area contributed by atoms with Crippen molar-refractivity contribution in [2.24, 2.45) is 11.8 Å². The minimum absolute atomic E-state index is 0.0452. The SMILES string of the molecule is COc1cccc(C#N)c1NC(=O)C1C(C)OC(C)C1C. The van der Waals surface area contributed by atoms with Crippen LogP contribution >= 0.6 is 0 Å². The molecule has 0 spiro atoms. The fourth-order valence-electron chi connectivity index (χ4n) is 2.85. The van der Waals surface area contributed by atoms with E-state index in [1.165, 1.54) is 7.11 Å². The molecule has 0 bridgehead atoms. The van der Waals surface area contributed by atoms with Gasteiger partial charge in [0.2, 0.25) is 5.91 Å². The van der Waals surface area contributed by atoms with Crippen LogP contribution in [-0.4, -0.2) is 25.2 Å². The molecule has 2 rings (SSSR count). The van der Waals surface area contributed by atoms with Crippen LogP contribution in [0.1, 0.15) is 26.3 Å². The molecule has 1 aromatic carbocycles. The van der Waals surface area contributed by atoms with Gasteiger partial charge in [0.25, 0.3) is 0 Å².